The van der Waals surface area contributed by atoms with Crippen molar-refractivity contribution in [3.05, 3.63) is 0 Å². The Hall–Kier alpha value is -0.910. The van der Waals surface area contributed by atoms with Gasteiger partial charge in [-0.15, -0.1) is 0 Å². The number of nitrogens with zero attached hydrogens (tertiary/aromatic N) is 1. The van der Waals surface area contributed by atoms with Crippen LogP contribution in [0.5, 0.6) is 0 Å². The monoisotopic (exact) mass is 262 g/mol. The standard InChI is InChI=1S/C11H22N2O3S/c1-5-13(8(2)3)11(16)12-9(10(14)15)6-7-17-4/h8-9H,5-7H2,1-4H3,(H,12,16)(H,14,15)/t9-/m1/s1. The van der Waals surface area contributed by atoms with Gasteiger partial charge < -0.3 is 15.3 Å². The molecule has 0 saturated carbocycles. The molecule has 0 aromatic carbocycles. The van der Waals surface area contributed by atoms with Gasteiger partial charge in [0.25, 0.3) is 0 Å². The van der Waals surface area contributed by atoms with E-state index in [0.717, 1.165) is 0 Å². The molecule has 0 saturated heterocycles. The van der Waals surface area contributed by atoms with Crippen LogP contribution in [-0.4, -0.2) is 52.6 Å². The second-order valence-corrected chi connectivity index (χ2v) is 4.99. The molecule has 5 nitrogen and oxygen atoms in total. The zero-order valence-electron chi connectivity index (χ0n) is 10.9. The first-order valence-electron chi connectivity index (χ1n) is 5.72. The quantitative estimate of drug-likeness (QED) is 0.731. The number of carbonyl (C=O) groups is 2. The third-order valence-electron chi connectivity index (χ3n) is 2.43. The number of nitrogens with one attached hydrogen (secondary N) is 1. The van der Waals surface area contributed by atoms with Crippen LogP contribution in [0.1, 0.15) is 27.2 Å². The van der Waals surface area contributed by atoms with Crippen molar-refractivity contribution in [3.63, 3.8) is 0 Å². The van der Waals surface area contributed by atoms with Crippen molar-refractivity contribution in [2.45, 2.75) is 39.3 Å². The summed E-state index contributed by atoms with van der Waals surface area (Å²) in [6.07, 6.45) is 2.35. The number of carbonyl (C=O) groups excluding carboxylic acids is 1. The Kier molecular flexibility index (Phi) is 7.78. The third-order valence-corrected chi connectivity index (χ3v) is 3.08. The molecular weight excluding hydrogens is 240 g/mol. The zero-order valence-corrected chi connectivity index (χ0v) is 11.7. The van der Waals surface area contributed by atoms with Crippen LogP contribution in [0.25, 0.3) is 0 Å². The predicted octanol–water partition coefficient (Wildman–Crippen LogP) is 1.63. The highest BCUT2D eigenvalue weighted by Crippen LogP contribution is 2.04. The molecule has 0 aromatic heterocycles. The molecule has 0 aliphatic rings. The van der Waals surface area contributed by atoms with Gasteiger partial charge in [-0.3, -0.25) is 0 Å². The SMILES string of the molecule is CCN(C(=O)N[C@H](CCSC)C(=O)O)C(C)C. The second-order valence-electron chi connectivity index (χ2n) is 4.00. The molecule has 0 aromatic rings. The Morgan fingerprint density at radius 1 is 1.41 bits per heavy atom. The first-order valence-corrected chi connectivity index (χ1v) is 7.12. The van der Waals surface area contributed by atoms with Crippen molar-refractivity contribution < 1.29 is 14.7 Å². The van der Waals surface area contributed by atoms with Crippen molar-refractivity contribution in [1.29, 1.82) is 0 Å². The van der Waals surface area contributed by atoms with E-state index >= 15 is 0 Å². The average molecular weight is 262 g/mol. The molecule has 0 rings (SSSR count). The molecule has 0 spiro atoms. The van der Waals surface area contributed by atoms with Crippen molar-refractivity contribution in [1.82, 2.24) is 10.2 Å². The first kappa shape index (κ1) is 16.1. The molecule has 1 atom stereocenters. The summed E-state index contributed by atoms with van der Waals surface area (Å²) in [5.41, 5.74) is 0. The molecule has 6 heteroatoms. The van der Waals surface area contributed by atoms with Crippen LogP contribution < -0.4 is 5.32 Å². The lowest BCUT2D eigenvalue weighted by molar-refractivity contribution is -0.139. The van der Waals surface area contributed by atoms with Crippen molar-refractivity contribution >= 4 is 23.8 Å². The number of aliphatic carboxylic acids is 1. The highest BCUT2D eigenvalue weighted by atomic mass is 32.2. The van der Waals surface area contributed by atoms with Gasteiger partial charge in [0.15, 0.2) is 0 Å². The smallest absolute Gasteiger partial charge is 0.326 e. The summed E-state index contributed by atoms with van der Waals surface area (Å²) in [4.78, 5) is 24.4. The number of thioether (sulfide) groups is 1. The topological polar surface area (TPSA) is 69.6 Å². The summed E-state index contributed by atoms with van der Waals surface area (Å²) < 4.78 is 0. The molecule has 2 amide bonds. The van der Waals surface area contributed by atoms with E-state index < -0.39 is 12.0 Å². The Morgan fingerprint density at radius 2 is 2.00 bits per heavy atom. The average Bonchev–Trinajstić information content (AvgIpc) is 2.24. The fourth-order valence-electron chi connectivity index (χ4n) is 1.47. The van der Waals surface area contributed by atoms with Gasteiger partial charge in [0.05, 0.1) is 0 Å². The summed E-state index contributed by atoms with van der Waals surface area (Å²) in [7, 11) is 0. The summed E-state index contributed by atoms with van der Waals surface area (Å²) in [5, 5.41) is 11.6. The number of carboxylic acid groups (broad SMARTS) is 1. The van der Waals surface area contributed by atoms with Gasteiger partial charge in [-0.25, -0.2) is 9.59 Å². The second kappa shape index (κ2) is 8.22. The van der Waals surface area contributed by atoms with Gasteiger partial charge in [-0.1, -0.05) is 0 Å². The fraction of sp³-hybridized carbons (Fsp3) is 0.818. The van der Waals surface area contributed by atoms with E-state index in [9.17, 15) is 9.59 Å². The van der Waals surface area contributed by atoms with E-state index in [0.29, 0.717) is 18.7 Å². The van der Waals surface area contributed by atoms with Crippen molar-refractivity contribution in [2.24, 2.45) is 0 Å². The molecule has 100 valence electrons. The largest absolute Gasteiger partial charge is 0.480 e. The zero-order chi connectivity index (χ0) is 13.4. The number of carboxylic acids is 1. The Morgan fingerprint density at radius 3 is 2.35 bits per heavy atom. The van der Waals surface area contributed by atoms with E-state index in [1.807, 2.05) is 27.0 Å². The van der Waals surface area contributed by atoms with E-state index in [1.165, 1.54) is 0 Å². The van der Waals surface area contributed by atoms with Crippen LogP contribution in [-0.2, 0) is 4.79 Å². The van der Waals surface area contributed by atoms with Gasteiger partial charge in [0, 0.05) is 12.6 Å². The molecule has 0 heterocycles. The molecule has 2 N–H and O–H groups in total. The predicted molar refractivity (Wildman–Crippen MR) is 70.5 cm³/mol. The number of rotatable bonds is 7. The summed E-state index contributed by atoms with van der Waals surface area (Å²) in [5.74, 6) is -0.266. The molecule has 0 unspecified atom stereocenters. The molecule has 0 fully saturated rings. The maximum atomic E-state index is 11.8. The lowest BCUT2D eigenvalue weighted by Gasteiger charge is -2.27. The van der Waals surface area contributed by atoms with Gasteiger partial charge in [0.1, 0.15) is 6.04 Å². The maximum Gasteiger partial charge on any atom is 0.326 e. The number of hydrogen-bond donors (Lipinski definition) is 2. The van der Waals surface area contributed by atoms with Crippen LogP contribution in [0, 0.1) is 0 Å². The normalized spacial score (nSPS) is 12.3. The molecule has 17 heavy (non-hydrogen) atoms. The van der Waals surface area contributed by atoms with Gasteiger partial charge in [-0.2, -0.15) is 11.8 Å². The highest BCUT2D eigenvalue weighted by Gasteiger charge is 2.23. The van der Waals surface area contributed by atoms with Crippen LogP contribution in [0.2, 0.25) is 0 Å². The van der Waals surface area contributed by atoms with Crippen molar-refractivity contribution in [3.8, 4) is 0 Å². The van der Waals surface area contributed by atoms with E-state index in [4.69, 9.17) is 5.11 Å². The fourth-order valence-corrected chi connectivity index (χ4v) is 1.94. The molecule has 0 aliphatic carbocycles. The first-order chi connectivity index (χ1) is 7.93. The van der Waals surface area contributed by atoms with Crippen LogP contribution in [0.15, 0.2) is 0 Å². The lowest BCUT2D eigenvalue weighted by Crippen LogP contribution is -2.50. The van der Waals surface area contributed by atoms with E-state index in [2.05, 4.69) is 5.32 Å². The third kappa shape index (κ3) is 5.81. The lowest BCUT2D eigenvalue weighted by atomic mass is 10.2. The van der Waals surface area contributed by atoms with E-state index in [1.54, 1.807) is 16.7 Å². The van der Waals surface area contributed by atoms with Crippen LogP contribution in [0.4, 0.5) is 4.79 Å². The van der Waals surface area contributed by atoms with E-state index in [-0.39, 0.29) is 12.1 Å². The Bertz CT molecular complexity index is 259. The van der Waals surface area contributed by atoms with Gasteiger partial charge in [0.2, 0.25) is 0 Å². The molecular formula is C11H22N2O3S. The number of urea groups is 1. The minimum atomic E-state index is -0.979. The van der Waals surface area contributed by atoms with Gasteiger partial charge in [-0.05, 0) is 39.2 Å². The summed E-state index contributed by atoms with van der Waals surface area (Å²) in [6, 6.07) is -1.05. The number of amides is 2. The van der Waals surface area contributed by atoms with Crippen molar-refractivity contribution in [2.75, 3.05) is 18.6 Å². The Balaban J connectivity index is 4.43. The highest BCUT2D eigenvalue weighted by molar-refractivity contribution is 7.98. The molecule has 0 bridgehead atoms. The van der Waals surface area contributed by atoms with Gasteiger partial charge >= 0.3 is 12.0 Å². The van der Waals surface area contributed by atoms with Crippen LogP contribution >= 0.6 is 11.8 Å². The molecule has 0 aliphatic heterocycles. The minimum absolute atomic E-state index is 0.0648. The van der Waals surface area contributed by atoms with Crippen LogP contribution in [0.3, 0.4) is 0 Å². The Labute approximate surface area is 107 Å². The maximum absolute atomic E-state index is 11.8. The number of hydrogen-bond acceptors (Lipinski definition) is 3. The summed E-state index contributed by atoms with van der Waals surface area (Å²) in [6.45, 7) is 6.25. The minimum Gasteiger partial charge on any atom is -0.480 e. The summed E-state index contributed by atoms with van der Waals surface area (Å²) >= 11 is 1.57. The molecule has 0 radical (unpaired) electrons.